The molecule has 1 N–H and O–H groups in total. The Bertz CT molecular complexity index is 448. The fourth-order valence-corrected chi connectivity index (χ4v) is 14.9. The Kier molecular flexibility index (Phi) is 6.02. The second kappa shape index (κ2) is 6.78. The number of rotatable bonds is 7. The quantitative estimate of drug-likeness (QED) is 0.729. The van der Waals surface area contributed by atoms with Gasteiger partial charge >= 0.3 is 8.56 Å². The van der Waals surface area contributed by atoms with E-state index in [1.54, 1.807) is 6.07 Å². The minimum atomic E-state index is -2.21. The van der Waals surface area contributed by atoms with Crippen LogP contribution in [0.1, 0.15) is 5.56 Å². The van der Waals surface area contributed by atoms with E-state index < -0.39 is 25.2 Å². The van der Waals surface area contributed by atoms with E-state index >= 15 is 0 Å². The number of benzene rings is 1. The standard InChI is InChI=1S/C15H30O3Si3/c1-19(2,3)17-21(7,18-20(4,5)6)13-12-14-10-8-9-11-15(14)16/h8-11,16H,12-13H2,1-7H3. The second-order valence-corrected chi connectivity index (χ2v) is 20.5. The van der Waals surface area contributed by atoms with Gasteiger partial charge in [-0.1, -0.05) is 18.2 Å². The van der Waals surface area contributed by atoms with Crippen LogP contribution in [0.3, 0.4) is 0 Å². The van der Waals surface area contributed by atoms with Crippen molar-refractivity contribution in [1.82, 2.24) is 0 Å². The molecule has 0 heterocycles. The van der Waals surface area contributed by atoms with Crippen molar-refractivity contribution in [2.24, 2.45) is 0 Å². The first-order valence-corrected chi connectivity index (χ1v) is 16.9. The van der Waals surface area contributed by atoms with Gasteiger partial charge in [0.2, 0.25) is 0 Å². The van der Waals surface area contributed by atoms with Crippen LogP contribution in [0.4, 0.5) is 0 Å². The molecule has 120 valence electrons. The number of phenolic OH excluding ortho intramolecular Hbond substituents is 1. The van der Waals surface area contributed by atoms with E-state index in [4.69, 9.17) is 8.23 Å². The van der Waals surface area contributed by atoms with Gasteiger partial charge in [0.15, 0.2) is 16.6 Å². The van der Waals surface area contributed by atoms with Gasteiger partial charge in [0.05, 0.1) is 0 Å². The highest BCUT2D eigenvalue weighted by Crippen LogP contribution is 2.27. The molecule has 3 nitrogen and oxygen atoms in total. The Morgan fingerprint density at radius 1 is 0.857 bits per heavy atom. The molecule has 0 bridgehead atoms. The van der Waals surface area contributed by atoms with Gasteiger partial charge in [-0.15, -0.1) is 0 Å². The summed E-state index contributed by atoms with van der Waals surface area (Å²) < 4.78 is 12.9. The molecule has 1 aromatic carbocycles. The number of para-hydroxylation sites is 1. The predicted octanol–water partition coefficient (Wildman–Crippen LogP) is 4.71. The lowest BCUT2D eigenvalue weighted by atomic mass is 10.1. The molecule has 0 amide bonds. The molecule has 6 heteroatoms. The summed E-state index contributed by atoms with van der Waals surface area (Å²) >= 11 is 0. The summed E-state index contributed by atoms with van der Waals surface area (Å²) in [5, 5.41) is 9.92. The zero-order valence-electron chi connectivity index (χ0n) is 14.5. The number of aryl methyl sites for hydroxylation is 1. The number of phenols is 1. The van der Waals surface area contributed by atoms with E-state index in [1.165, 1.54) is 0 Å². The van der Waals surface area contributed by atoms with Crippen LogP contribution in [-0.2, 0) is 14.7 Å². The first-order valence-electron chi connectivity index (χ1n) is 7.57. The predicted molar refractivity (Wildman–Crippen MR) is 97.1 cm³/mol. The molecule has 0 atom stereocenters. The normalized spacial score (nSPS) is 13.5. The fourth-order valence-electron chi connectivity index (χ4n) is 2.50. The SMILES string of the molecule is C[Si](C)(C)O[Si](C)(CCc1ccccc1O)O[Si](C)(C)C. The van der Waals surface area contributed by atoms with Crippen LogP contribution in [0.15, 0.2) is 24.3 Å². The van der Waals surface area contributed by atoms with E-state index in [0.717, 1.165) is 18.0 Å². The Balaban J connectivity index is 2.85. The summed E-state index contributed by atoms with van der Waals surface area (Å²) in [6.07, 6.45) is 0.810. The number of hydrogen-bond acceptors (Lipinski definition) is 3. The fraction of sp³-hybridized carbons (Fsp3) is 0.600. The van der Waals surface area contributed by atoms with Crippen LogP contribution in [0.25, 0.3) is 0 Å². The lowest BCUT2D eigenvalue weighted by Gasteiger charge is -2.38. The van der Waals surface area contributed by atoms with Crippen molar-refractivity contribution in [3.8, 4) is 5.75 Å². The lowest BCUT2D eigenvalue weighted by molar-refractivity contribution is 0.383. The Morgan fingerprint density at radius 2 is 1.33 bits per heavy atom. The van der Waals surface area contributed by atoms with Crippen LogP contribution in [0, 0.1) is 0 Å². The van der Waals surface area contributed by atoms with Crippen LogP contribution in [0.2, 0.25) is 51.9 Å². The summed E-state index contributed by atoms with van der Waals surface area (Å²) in [4.78, 5) is 0. The van der Waals surface area contributed by atoms with Crippen LogP contribution in [0.5, 0.6) is 5.75 Å². The molecule has 0 fully saturated rings. The van der Waals surface area contributed by atoms with Gasteiger partial charge in [0.25, 0.3) is 0 Å². The largest absolute Gasteiger partial charge is 0.508 e. The maximum absolute atomic E-state index is 9.92. The van der Waals surface area contributed by atoms with E-state index in [0.29, 0.717) is 5.75 Å². The first-order chi connectivity index (χ1) is 9.40. The molecule has 0 aliphatic heterocycles. The summed E-state index contributed by atoms with van der Waals surface area (Å²) in [7, 11) is -5.51. The van der Waals surface area contributed by atoms with Crippen molar-refractivity contribution >= 4 is 25.2 Å². The molecule has 0 aliphatic carbocycles. The molecule has 0 spiro atoms. The van der Waals surface area contributed by atoms with E-state index in [2.05, 4.69) is 45.8 Å². The zero-order valence-corrected chi connectivity index (χ0v) is 17.5. The summed E-state index contributed by atoms with van der Waals surface area (Å²) in [6, 6.07) is 8.43. The van der Waals surface area contributed by atoms with E-state index in [9.17, 15) is 5.11 Å². The van der Waals surface area contributed by atoms with Crippen molar-refractivity contribution in [2.75, 3.05) is 0 Å². The van der Waals surface area contributed by atoms with Gasteiger partial charge in [-0.3, -0.25) is 0 Å². The van der Waals surface area contributed by atoms with Crippen molar-refractivity contribution in [1.29, 1.82) is 0 Å². The highest BCUT2D eigenvalue weighted by Gasteiger charge is 2.39. The lowest BCUT2D eigenvalue weighted by Crippen LogP contribution is -2.52. The monoisotopic (exact) mass is 342 g/mol. The molecule has 0 aromatic heterocycles. The molecular formula is C15H30O3Si3. The highest BCUT2D eigenvalue weighted by atomic mass is 28.5. The smallest absolute Gasteiger partial charge is 0.314 e. The molecular weight excluding hydrogens is 312 g/mol. The van der Waals surface area contributed by atoms with Gasteiger partial charge < -0.3 is 13.3 Å². The van der Waals surface area contributed by atoms with Crippen molar-refractivity contribution in [2.45, 2.75) is 58.3 Å². The van der Waals surface area contributed by atoms with Crippen molar-refractivity contribution < 1.29 is 13.3 Å². The van der Waals surface area contributed by atoms with Gasteiger partial charge in [-0.2, -0.15) is 0 Å². The molecule has 1 rings (SSSR count). The van der Waals surface area contributed by atoms with Crippen molar-refractivity contribution in [3.05, 3.63) is 29.8 Å². The van der Waals surface area contributed by atoms with Crippen LogP contribution in [-0.4, -0.2) is 30.3 Å². The highest BCUT2D eigenvalue weighted by molar-refractivity contribution is 6.87. The number of hydrogen-bond donors (Lipinski definition) is 1. The molecule has 0 unspecified atom stereocenters. The average molecular weight is 343 g/mol. The van der Waals surface area contributed by atoms with Gasteiger partial charge in [-0.05, 0) is 69.9 Å². The van der Waals surface area contributed by atoms with Gasteiger partial charge in [-0.25, -0.2) is 0 Å². The maximum Gasteiger partial charge on any atom is 0.314 e. The maximum atomic E-state index is 9.92. The van der Waals surface area contributed by atoms with E-state index in [-0.39, 0.29) is 0 Å². The zero-order chi connectivity index (χ0) is 16.3. The molecule has 0 saturated heterocycles. The van der Waals surface area contributed by atoms with Gasteiger partial charge in [0, 0.05) is 0 Å². The molecule has 0 saturated carbocycles. The third kappa shape index (κ3) is 7.42. The molecule has 0 aliphatic rings. The van der Waals surface area contributed by atoms with Crippen molar-refractivity contribution in [3.63, 3.8) is 0 Å². The van der Waals surface area contributed by atoms with Crippen LogP contribution >= 0.6 is 0 Å². The average Bonchev–Trinajstić information content (AvgIpc) is 2.22. The third-order valence-electron chi connectivity index (χ3n) is 2.88. The van der Waals surface area contributed by atoms with E-state index in [1.807, 2.05) is 18.2 Å². The molecule has 1 aromatic rings. The van der Waals surface area contributed by atoms with Crippen LogP contribution < -0.4 is 0 Å². The number of aromatic hydroxyl groups is 1. The summed E-state index contributed by atoms with van der Waals surface area (Å²) in [5.41, 5.74) is 0.981. The molecule has 21 heavy (non-hydrogen) atoms. The summed E-state index contributed by atoms with van der Waals surface area (Å²) in [5.74, 6) is 0.370. The first kappa shape index (κ1) is 18.6. The Hall–Kier alpha value is -0.409. The minimum absolute atomic E-state index is 0.370. The summed E-state index contributed by atoms with van der Waals surface area (Å²) in [6.45, 7) is 15.5. The second-order valence-electron chi connectivity index (χ2n) is 7.69. The molecule has 0 radical (unpaired) electrons. The minimum Gasteiger partial charge on any atom is -0.508 e. The Morgan fingerprint density at radius 3 is 1.76 bits per heavy atom. The third-order valence-corrected chi connectivity index (χ3v) is 12.4. The van der Waals surface area contributed by atoms with Gasteiger partial charge in [0.1, 0.15) is 5.75 Å². The topological polar surface area (TPSA) is 38.7 Å². The Labute approximate surface area is 132 Å².